The first-order valence-electron chi connectivity index (χ1n) is 5.74. The molecule has 0 fully saturated rings. The number of fused-ring (bicyclic) bond motifs is 1. The van der Waals surface area contributed by atoms with E-state index in [0.717, 1.165) is 6.92 Å². The lowest BCUT2D eigenvalue weighted by atomic mass is 10.0. The Labute approximate surface area is 118 Å². The van der Waals surface area contributed by atoms with Crippen molar-refractivity contribution in [3.63, 3.8) is 0 Å². The fourth-order valence-corrected chi connectivity index (χ4v) is 2.14. The number of benzene rings is 1. The quantitative estimate of drug-likeness (QED) is 0.851. The molecule has 0 unspecified atom stereocenters. The highest BCUT2D eigenvalue weighted by Crippen LogP contribution is 2.35. The lowest BCUT2D eigenvalue weighted by Gasteiger charge is -2.14. The van der Waals surface area contributed by atoms with Crippen LogP contribution in [-0.4, -0.2) is 16.2 Å². The largest absolute Gasteiger partial charge is 0.271 e. The summed E-state index contributed by atoms with van der Waals surface area (Å²) in [4.78, 5) is 8.36. The summed E-state index contributed by atoms with van der Waals surface area (Å²) in [5, 5.41) is 3.71. The van der Waals surface area contributed by atoms with E-state index >= 15 is 0 Å². The molecule has 1 aliphatic rings. The maximum absolute atomic E-state index is 13.5. The Morgan fingerprint density at radius 1 is 1.25 bits per heavy atom. The molecule has 1 aromatic carbocycles. The van der Waals surface area contributed by atoms with Crippen LogP contribution >= 0.6 is 11.6 Å². The van der Waals surface area contributed by atoms with E-state index in [1.54, 1.807) is 6.07 Å². The standard InChI is InChI=1S/C13H8ClF2N4/c1-13(15,16)8-4-7(2-3-9(8)14)10-5-17-11-6-18-20-12(11)19-10/h2-6H,1H3. The van der Waals surface area contributed by atoms with Crippen molar-refractivity contribution in [1.29, 1.82) is 0 Å². The van der Waals surface area contributed by atoms with Gasteiger partial charge in [-0.3, -0.25) is 0 Å². The van der Waals surface area contributed by atoms with Crippen LogP contribution in [0.2, 0.25) is 5.02 Å². The Morgan fingerprint density at radius 3 is 2.80 bits per heavy atom. The molecule has 0 atom stereocenters. The normalized spacial score (nSPS) is 13.2. The van der Waals surface area contributed by atoms with Gasteiger partial charge in [-0.1, -0.05) is 17.7 Å². The minimum atomic E-state index is -3.02. The van der Waals surface area contributed by atoms with Crippen molar-refractivity contribution < 1.29 is 8.78 Å². The minimum Gasteiger partial charge on any atom is -0.249 e. The van der Waals surface area contributed by atoms with Crippen LogP contribution in [0.3, 0.4) is 0 Å². The molecule has 20 heavy (non-hydrogen) atoms. The van der Waals surface area contributed by atoms with E-state index in [1.807, 2.05) is 0 Å². The van der Waals surface area contributed by atoms with Crippen LogP contribution in [0.25, 0.3) is 11.3 Å². The average Bonchev–Trinajstić information content (AvgIpc) is 2.85. The molecule has 101 valence electrons. The van der Waals surface area contributed by atoms with E-state index in [9.17, 15) is 8.78 Å². The molecule has 1 aromatic heterocycles. The Bertz CT molecular complexity index is 710. The van der Waals surface area contributed by atoms with Crippen molar-refractivity contribution in [1.82, 2.24) is 15.4 Å². The smallest absolute Gasteiger partial charge is 0.249 e. The summed E-state index contributed by atoms with van der Waals surface area (Å²) in [5.41, 5.74) is 5.06. The highest BCUT2D eigenvalue weighted by molar-refractivity contribution is 6.31. The minimum absolute atomic E-state index is 0.0170. The number of hydrogen-bond acceptors (Lipinski definition) is 3. The van der Waals surface area contributed by atoms with Crippen LogP contribution in [0, 0.1) is 0 Å². The second-order valence-electron chi connectivity index (χ2n) is 4.39. The molecule has 0 amide bonds. The molecule has 0 aliphatic carbocycles. The van der Waals surface area contributed by atoms with Crippen molar-refractivity contribution in [3.8, 4) is 11.3 Å². The predicted octanol–water partition coefficient (Wildman–Crippen LogP) is 3.49. The van der Waals surface area contributed by atoms with E-state index in [1.165, 1.54) is 24.5 Å². The monoisotopic (exact) mass is 293 g/mol. The molecule has 7 heteroatoms. The van der Waals surface area contributed by atoms with Crippen molar-refractivity contribution in [2.75, 3.05) is 0 Å². The fourth-order valence-electron chi connectivity index (χ4n) is 1.85. The van der Waals surface area contributed by atoms with Crippen LogP contribution < -0.4 is 5.43 Å². The molecular formula is C13H8ClF2N4. The van der Waals surface area contributed by atoms with Crippen molar-refractivity contribution >= 4 is 23.6 Å². The molecule has 1 aliphatic heterocycles. The number of nitrogens with zero attached hydrogens (tertiary/aromatic N) is 4. The van der Waals surface area contributed by atoms with E-state index in [0.29, 0.717) is 22.8 Å². The maximum Gasteiger partial charge on any atom is 0.271 e. The summed E-state index contributed by atoms with van der Waals surface area (Å²) >= 11 is 5.81. The Morgan fingerprint density at radius 2 is 2.05 bits per heavy atom. The summed E-state index contributed by atoms with van der Waals surface area (Å²) in [6.45, 7) is 0.801. The molecule has 2 heterocycles. The van der Waals surface area contributed by atoms with Gasteiger partial charge in [0.2, 0.25) is 5.82 Å². The molecule has 0 saturated carbocycles. The maximum atomic E-state index is 13.5. The molecule has 0 saturated heterocycles. The van der Waals surface area contributed by atoms with Gasteiger partial charge in [-0.25, -0.2) is 18.7 Å². The number of halogens is 3. The van der Waals surface area contributed by atoms with Gasteiger partial charge in [0.05, 0.1) is 18.1 Å². The van der Waals surface area contributed by atoms with Crippen LogP contribution in [0.1, 0.15) is 18.2 Å². The van der Waals surface area contributed by atoms with E-state index in [2.05, 4.69) is 20.5 Å². The summed E-state index contributed by atoms with van der Waals surface area (Å²) in [6.07, 6.45) is 2.98. The van der Waals surface area contributed by atoms with Crippen LogP contribution in [0.5, 0.6) is 0 Å². The number of hydrogen-bond donors (Lipinski definition) is 0. The third-order valence-corrected chi connectivity index (χ3v) is 3.18. The molecular weight excluding hydrogens is 286 g/mol. The third-order valence-electron chi connectivity index (χ3n) is 2.85. The summed E-state index contributed by atoms with van der Waals surface area (Å²) in [6, 6.07) is 4.35. The van der Waals surface area contributed by atoms with E-state index in [4.69, 9.17) is 11.6 Å². The van der Waals surface area contributed by atoms with Gasteiger partial charge in [0.1, 0.15) is 5.69 Å². The van der Waals surface area contributed by atoms with Gasteiger partial charge in [-0.2, -0.15) is 5.10 Å². The Kier molecular flexibility index (Phi) is 2.90. The van der Waals surface area contributed by atoms with Gasteiger partial charge in [0.15, 0.2) is 0 Å². The third kappa shape index (κ3) is 2.22. The SMILES string of the molecule is CC(F)(F)c1cc(-c2cnc3c(n2)[N]N=C3)ccc1Cl. The van der Waals surface area contributed by atoms with Crippen molar-refractivity contribution in [2.45, 2.75) is 12.8 Å². The molecule has 4 nitrogen and oxygen atoms in total. The number of aromatic nitrogens is 2. The first-order valence-corrected chi connectivity index (χ1v) is 6.12. The predicted molar refractivity (Wildman–Crippen MR) is 71.4 cm³/mol. The van der Waals surface area contributed by atoms with Gasteiger partial charge in [-0.05, 0) is 12.1 Å². The summed E-state index contributed by atoms with van der Waals surface area (Å²) < 4.78 is 26.9. The lowest BCUT2D eigenvalue weighted by molar-refractivity contribution is 0.0176. The van der Waals surface area contributed by atoms with Gasteiger partial charge in [0, 0.05) is 23.1 Å². The number of rotatable bonds is 2. The zero-order valence-corrected chi connectivity index (χ0v) is 11.1. The highest BCUT2D eigenvalue weighted by atomic mass is 35.5. The van der Waals surface area contributed by atoms with E-state index < -0.39 is 5.92 Å². The lowest BCUT2D eigenvalue weighted by Crippen LogP contribution is -2.08. The van der Waals surface area contributed by atoms with Gasteiger partial charge >= 0.3 is 0 Å². The average molecular weight is 294 g/mol. The molecule has 2 aromatic rings. The second kappa shape index (κ2) is 4.49. The molecule has 0 bridgehead atoms. The summed E-state index contributed by atoms with van der Waals surface area (Å²) in [7, 11) is 0. The molecule has 0 N–H and O–H groups in total. The number of alkyl halides is 2. The highest BCUT2D eigenvalue weighted by Gasteiger charge is 2.28. The van der Waals surface area contributed by atoms with Crippen LogP contribution in [0.15, 0.2) is 29.5 Å². The van der Waals surface area contributed by atoms with Crippen molar-refractivity contribution in [3.05, 3.63) is 40.7 Å². The summed E-state index contributed by atoms with van der Waals surface area (Å²) in [5.74, 6) is -2.65. The van der Waals surface area contributed by atoms with Crippen LogP contribution in [-0.2, 0) is 5.92 Å². The van der Waals surface area contributed by atoms with Gasteiger partial charge in [0.25, 0.3) is 5.92 Å². The zero-order chi connectivity index (χ0) is 14.3. The first-order chi connectivity index (χ1) is 9.45. The fraction of sp³-hybridized carbons (Fsp3) is 0.154. The Balaban J connectivity index is 2.07. The van der Waals surface area contributed by atoms with Crippen molar-refractivity contribution in [2.24, 2.45) is 5.10 Å². The van der Waals surface area contributed by atoms with Gasteiger partial charge in [-0.15, -0.1) is 5.43 Å². The topological polar surface area (TPSA) is 52.2 Å². The molecule has 0 spiro atoms. The zero-order valence-electron chi connectivity index (χ0n) is 10.3. The molecule has 1 radical (unpaired) electrons. The molecule has 3 rings (SSSR count). The van der Waals surface area contributed by atoms with E-state index in [-0.39, 0.29) is 10.6 Å². The van der Waals surface area contributed by atoms with Gasteiger partial charge < -0.3 is 0 Å². The Hall–Kier alpha value is -2.08. The first kappa shape index (κ1) is 12.9. The van der Waals surface area contributed by atoms with Crippen LogP contribution in [0.4, 0.5) is 14.6 Å². The second-order valence-corrected chi connectivity index (χ2v) is 4.80.